The number of carbonyl (C=O) groups is 3. The second kappa shape index (κ2) is 11.7. The molecule has 6 nitrogen and oxygen atoms in total. The third-order valence-corrected chi connectivity index (χ3v) is 5.95. The van der Waals surface area contributed by atoms with E-state index >= 15 is 0 Å². The SMILES string of the molecule is COc1ccc(C(=O)C(C(=O)CCC(=O)Nc2ccc(Cl)c(Cl)c2)c2ccc(OC)cc2)cc1. The van der Waals surface area contributed by atoms with Gasteiger partial charge in [0.05, 0.1) is 24.3 Å². The summed E-state index contributed by atoms with van der Waals surface area (Å²) in [6, 6.07) is 18.0. The predicted molar refractivity (Wildman–Crippen MR) is 132 cm³/mol. The van der Waals surface area contributed by atoms with E-state index in [2.05, 4.69) is 5.32 Å². The van der Waals surface area contributed by atoms with Gasteiger partial charge in [0, 0.05) is 24.1 Å². The van der Waals surface area contributed by atoms with Crippen molar-refractivity contribution in [2.24, 2.45) is 0 Å². The number of halogens is 2. The normalized spacial score (nSPS) is 11.4. The number of Topliss-reactive ketones (excluding diaryl/α,β-unsaturated/α-hetero) is 2. The number of carbonyl (C=O) groups excluding carboxylic acids is 3. The summed E-state index contributed by atoms with van der Waals surface area (Å²) < 4.78 is 10.3. The molecule has 3 rings (SSSR count). The number of anilines is 1. The minimum Gasteiger partial charge on any atom is -0.497 e. The smallest absolute Gasteiger partial charge is 0.224 e. The number of benzene rings is 3. The van der Waals surface area contributed by atoms with Crippen LogP contribution < -0.4 is 14.8 Å². The monoisotopic (exact) mass is 499 g/mol. The van der Waals surface area contributed by atoms with Crippen LogP contribution in [0.2, 0.25) is 10.0 Å². The minimum atomic E-state index is -1.06. The van der Waals surface area contributed by atoms with Crippen LogP contribution in [0.1, 0.15) is 34.7 Å². The second-order valence-corrected chi connectivity index (χ2v) is 8.26. The van der Waals surface area contributed by atoms with Crippen LogP contribution in [-0.4, -0.2) is 31.7 Å². The average Bonchev–Trinajstić information content (AvgIpc) is 2.85. The highest BCUT2D eigenvalue weighted by Crippen LogP contribution is 2.28. The molecule has 3 aromatic carbocycles. The lowest BCUT2D eigenvalue weighted by molar-refractivity contribution is -0.123. The Kier molecular flexibility index (Phi) is 8.68. The maximum atomic E-state index is 13.3. The standard InChI is InChI=1S/C26H23Cl2NO5/c1-33-19-8-3-16(4-9-19)25(26(32)17-5-10-20(34-2)11-6-17)23(30)13-14-24(31)29-18-7-12-21(27)22(28)15-18/h3-12,15,25H,13-14H2,1-2H3,(H,29,31). The van der Waals surface area contributed by atoms with Gasteiger partial charge < -0.3 is 14.8 Å². The van der Waals surface area contributed by atoms with E-state index in [0.29, 0.717) is 38.4 Å². The summed E-state index contributed by atoms with van der Waals surface area (Å²) >= 11 is 11.9. The molecular weight excluding hydrogens is 477 g/mol. The molecule has 0 saturated carbocycles. The van der Waals surface area contributed by atoms with Gasteiger partial charge in [-0.25, -0.2) is 0 Å². The van der Waals surface area contributed by atoms with E-state index in [9.17, 15) is 14.4 Å². The summed E-state index contributed by atoms with van der Waals surface area (Å²) in [7, 11) is 3.07. The molecule has 0 saturated heterocycles. The minimum absolute atomic E-state index is 0.0956. The van der Waals surface area contributed by atoms with Crippen LogP contribution in [0.15, 0.2) is 66.7 Å². The summed E-state index contributed by atoms with van der Waals surface area (Å²) in [5.74, 6) is -0.956. The molecule has 0 aliphatic carbocycles. The molecule has 1 unspecified atom stereocenters. The first-order chi connectivity index (χ1) is 16.3. The van der Waals surface area contributed by atoms with Crippen LogP contribution in [0.4, 0.5) is 5.69 Å². The third-order valence-electron chi connectivity index (χ3n) is 5.21. The van der Waals surface area contributed by atoms with Crippen molar-refractivity contribution in [1.29, 1.82) is 0 Å². The molecule has 0 spiro atoms. The van der Waals surface area contributed by atoms with Gasteiger partial charge in [-0.05, 0) is 60.2 Å². The number of nitrogens with one attached hydrogen (secondary N) is 1. The van der Waals surface area contributed by atoms with Crippen molar-refractivity contribution in [1.82, 2.24) is 0 Å². The van der Waals surface area contributed by atoms with E-state index in [1.165, 1.54) is 20.3 Å². The molecule has 0 heterocycles. The summed E-state index contributed by atoms with van der Waals surface area (Å²) in [6.07, 6.45) is -0.215. The first-order valence-corrected chi connectivity index (χ1v) is 11.2. The lowest BCUT2D eigenvalue weighted by atomic mass is 9.85. The number of amides is 1. The zero-order valence-electron chi connectivity index (χ0n) is 18.6. The van der Waals surface area contributed by atoms with Gasteiger partial charge in [0.2, 0.25) is 5.91 Å². The molecule has 0 bridgehead atoms. The second-order valence-electron chi connectivity index (χ2n) is 7.44. The van der Waals surface area contributed by atoms with Gasteiger partial charge in [-0.15, -0.1) is 0 Å². The molecule has 1 atom stereocenters. The molecule has 3 aromatic rings. The number of methoxy groups -OCH3 is 2. The average molecular weight is 500 g/mol. The zero-order valence-corrected chi connectivity index (χ0v) is 20.2. The Balaban J connectivity index is 1.77. The Morgan fingerprint density at radius 2 is 1.38 bits per heavy atom. The predicted octanol–water partition coefficient (Wildman–Crippen LogP) is 5.97. The van der Waals surface area contributed by atoms with Gasteiger partial charge in [0.15, 0.2) is 5.78 Å². The Morgan fingerprint density at radius 1 is 0.794 bits per heavy atom. The van der Waals surface area contributed by atoms with Crippen molar-refractivity contribution in [3.05, 3.63) is 87.9 Å². The number of ether oxygens (including phenoxy) is 2. The Bertz CT molecular complexity index is 1180. The van der Waals surface area contributed by atoms with Crippen molar-refractivity contribution in [2.45, 2.75) is 18.8 Å². The summed E-state index contributed by atoms with van der Waals surface area (Å²) in [5, 5.41) is 3.36. The highest BCUT2D eigenvalue weighted by Gasteiger charge is 2.29. The molecule has 1 amide bonds. The van der Waals surface area contributed by atoms with Gasteiger partial charge in [-0.2, -0.15) is 0 Å². The molecular formula is C26H23Cl2NO5. The first kappa shape index (κ1) is 25.3. The third kappa shape index (κ3) is 6.37. The largest absolute Gasteiger partial charge is 0.497 e. The van der Waals surface area contributed by atoms with Crippen molar-refractivity contribution >= 4 is 46.4 Å². The fourth-order valence-electron chi connectivity index (χ4n) is 3.38. The van der Waals surface area contributed by atoms with Crippen LogP contribution in [-0.2, 0) is 9.59 Å². The van der Waals surface area contributed by atoms with E-state index in [-0.39, 0.29) is 30.3 Å². The zero-order chi connectivity index (χ0) is 24.7. The van der Waals surface area contributed by atoms with Crippen molar-refractivity contribution in [2.75, 3.05) is 19.5 Å². The van der Waals surface area contributed by atoms with Crippen molar-refractivity contribution in [3.8, 4) is 11.5 Å². The van der Waals surface area contributed by atoms with E-state index in [0.717, 1.165) is 0 Å². The lowest BCUT2D eigenvalue weighted by Gasteiger charge is -2.16. The van der Waals surface area contributed by atoms with Gasteiger partial charge in [-0.1, -0.05) is 35.3 Å². The maximum Gasteiger partial charge on any atom is 0.224 e. The summed E-state index contributed by atoms with van der Waals surface area (Å²) in [5.41, 5.74) is 1.36. The van der Waals surface area contributed by atoms with Crippen LogP contribution in [0, 0.1) is 0 Å². The van der Waals surface area contributed by atoms with Gasteiger partial charge >= 0.3 is 0 Å². The number of rotatable bonds is 10. The van der Waals surface area contributed by atoms with E-state index < -0.39 is 5.92 Å². The first-order valence-electron chi connectivity index (χ1n) is 10.4. The Morgan fingerprint density at radius 3 is 1.94 bits per heavy atom. The Hall–Kier alpha value is -3.35. The van der Waals surface area contributed by atoms with Gasteiger partial charge in [0.25, 0.3) is 0 Å². The molecule has 0 radical (unpaired) electrons. The molecule has 176 valence electrons. The van der Waals surface area contributed by atoms with Crippen LogP contribution in [0.25, 0.3) is 0 Å². The number of hydrogen-bond acceptors (Lipinski definition) is 5. The fraction of sp³-hybridized carbons (Fsp3) is 0.192. The molecule has 34 heavy (non-hydrogen) atoms. The topological polar surface area (TPSA) is 81.7 Å². The highest BCUT2D eigenvalue weighted by molar-refractivity contribution is 6.42. The lowest BCUT2D eigenvalue weighted by Crippen LogP contribution is -2.24. The molecule has 0 aliphatic heterocycles. The van der Waals surface area contributed by atoms with E-state index in [1.807, 2.05) is 0 Å². The molecule has 0 aromatic heterocycles. The van der Waals surface area contributed by atoms with Gasteiger partial charge in [-0.3, -0.25) is 14.4 Å². The summed E-state index contributed by atoms with van der Waals surface area (Å²) in [6.45, 7) is 0. The van der Waals surface area contributed by atoms with Crippen LogP contribution >= 0.6 is 23.2 Å². The van der Waals surface area contributed by atoms with Gasteiger partial charge in [0.1, 0.15) is 23.2 Å². The summed E-state index contributed by atoms with van der Waals surface area (Å²) in [4.78, 5) is 38.9. The highest BCUT2D eigenvalue weighted by atomic mass is 35.5. The van der Waals surface area contributed by atoms with Crippen LogP contribution in [0.5, 0.6) is 11.5 Å². The fourth-order valence-corrected chi connectivity index (χ4v) is 3.68. The number of ketones is 2. The number of hydrogen-bond donors (Lipinski definition) is 1. The van der Waals surface area contributed by atoms with Crippen molar-refractivity contribution in [3.63, 3.8) is 0 Å². The van der Waals surface area contributed by atoms with E-state index in [4.69, 9.17) is 32.7 Å². The van der Waals surface area contributed by atoms with Crippen molar-refractivity contribution < 1.29 is 23.9 Å². The quantitative estimate of drug-likeness (QED) is 0.274. The molecule has 0 fully saturated rings. The molecule has 1 N–H and O–H groups in total. The molecule has 8 heteroatoms. The maximum absolute atomic E-state index is 13.3. The van der Waals surface area contributed by atoms with Crippen LogP contribution in [0.3, 0.4) is 0 Å². The van der Waals surface area contributed by atoms with E-state index in [1.54, 1.807) is 60.7 Å². The molecule has 0 aliphatic rings. The Labute approximate surface area is 207 Å².